The summed E-state index contributed by atoms with van der Waals surface area (Å²) in [5.41, 5.74) is 1.59. The van der Waals surface area contributed by atoms with E-state index in [1.807, 2.05) is 24.3 Å². The van der Waals surface area contributed by atoms with Gasteiger partial charge in [0.15, 0.2) is 16.5 Å². The number of nitrogens with zero attached hydrogens (tertiary/aromatic N) is 3. The fourth-order valence-electron chi connectivity index (χ4n) is 4.40. The van der Waals surface area contributed by atoms with Gasteiger partial charge >= 0.3 is 6.09 Å². The molecule has 1 aliphatic heterocycles. The van der Waals surface area contributed by atoms with E-state index in [4.69, 9.17) is 19.4 Å². The number of aromatic nitrogens is 2. The molecule has 1 aliphatic rings. The van der Waals surface area contributed by atoms with Gasteiger partial charge in [0.2, 0.25) is 0 Å². The molecule has 1 unspecified atom stereocenters. The van der Waals surface area contributed by atoms with Crippen LogP contribution in [0.2, 0.25) is 0 Å². The molecule has 1 aromatic heterocycles. The molecule has 1 saturated heterocycles. The highest BCUT2D eigenvalue weighted by Crippen LogP contribution is 2.29. The summed E-state index contributed by atoms with van der Waals surface area (Å²) in [5, 5.41) is 2.71. The number of ether oxygens (including phenoxy) is 2. The number of hydrogen-bond donors (Lipinski definition) is 1. The SMILES string of the molecule is CC1(C)COCCN1c1cc(C[SH+](=O)c2ccc(F)cc2)nc(-c2ccc(NC(=O)Oc3ccccc3)cc2)n1. The summed E-state index contributed by atoms with van der Waals surface area (Å²) in [6.07, 6.45) is -0.598. The maximum absolute atomic E-state index is 13.4. The summed E-state index contributed by atoms with van der Waals surface area (Å²) in [5.74, 6) is 1.43. The third-order valence-electron chi connectivity index (χ3n) is 6.45. The Bertz CT molecular complexity index is 1500. The molecule has 0 radical (unpaired) electrons. The number of carbonyl (C=O) groups is 1. The molecule has 8 nitrogen and oxygen atoms in total. The number of para-hydroxylation sites is 1. The lowest BCUT2D eigenvalue weighted by molar-refractivity contribution is 0.0639. The van der Waals surface area contributed by atoms with Crippen LogP contribution in [0.4, 0.5) is 20.7 Å². The van der Waals surface area contributed by atoms with Crippen LogP contribution in [0.15, 0.2) is 89.8 Å². The minimum absolute atomic E-state index is 0.180. The van der Waals surface area contributed by atoms with E-state index in [0.717, 1.165) is 5.56 Å². The number of amides is 1. The molecular formula is C30H30FN4O4S+. The first kappa shape index (κ1) is 27.4. The van der Waals surface area contributed by atoms with Gasteiger partial charge in [-0.2, -0.15) is 0 Å². The summed E-state index contributed by atoms with van der Waals surface area (Å²) in [6, 6.07) is 23.5. The minimum Gasteiger partial charge on any atom is -0.410 e. The van der Waals surface area contributed by atoms with Crippen LogP contribution < -0.4 is 15.0 Å². The van der Waals surface area contributed by atoms with Gasteiger partial charge in [0, 0.05) is 23.9 Å². The number of benzene rings is 3. The summed E-state index contributed by atoms with van der Waals surface area (Å²) in [6.45, 7) is 5.94. The lowest BCUT2D eigenvalue weighted by Gasteiger charge is -2.43. The zero-order valence-electron chi connectivity index (χ0n) is 22.2. The predicted molar refractivity (Wildman–Crippen MR) is 154 cm³/mol. The highest BCUT2D eigenvalue weighted by Gasteiger charge is 2.32. The van der Waals surface area contributed by atoms with Crippen molar-refractivity contribution in [1.82, 2.24) is 9.97 Å². The molecule has 0 saturated carbocycles. The molecule has 1 atom stereocenters. The largest absolute Gasteiger partial charge is 0.417 e. The van der Waals surface area contributed by atoms with Crippen molar-refractivity contribution >= 4 is 28.4 Å². The first-order chi connectivity index (χ1) is 19.3. The number of nitrogens with one attached hydrogen (secondary N) is 1. The lowest BCUT2D eigenvalue weighted by atomic mass is 10.0. The highest BCUT2D eigenvalue weighted by molar-refractivity contribution is 7.84. The maximum Gasteiger partial charge on any atom is 0.417 e. The van der Waals surface area contributed by atoms with Gasteiger partial charge < -0.3 is 14.4 Å². The molecule has 40 heavy (non-hydrogen) atoms. The van der Waals surface area contributed by atoms with Crippen molar-refractivity contribution < 1.29 is 22.9 Å². The Morgan fingerprint density at radius 2 is 1.77 bits per heavy atom. The Morgan fingerprint density at radius 3 is 2.48 bits per heavy atom. The van der Waals surface area contributed by atoms with E-state index < -0.39 is 16.9 Å². The number of halogens is 1. The normalized spacial score (nSPS) is 15.3. The van der Waals surface area contributed by atoms with Gasteiger partial charge in [-0.1, -0.05) is 18.2 Å². The Morgan fingerprint density at radius 1 is 1.05 bits per heavy atom. The van der Waals surface area contributed by atoms with Crippen LogP contribution in [0, 0.1) is 5.82 Å². The third kappa shape index (κ3) is 6.70. The molecule has 1 N–H and O–H groups in total. The molecule has 1 fully saturated rings. The van der Waals surface area contributed by atoms with Crippen LogP contribution in [0.1, 0.15) is 19.5 Å². The number of hydrogen-bond acceptors (Lipinski definition) is 7. The summed E-state index contributed by atoms with van der Waals surface area (Å²) >= 11 is 0. The molecule has 2 heterocycles. The van der Waals surface area contributed by atoms with Crippen molar-refractivity contribution in [3.8, 4) is 17.1 Å². The molecule has 0 spiro atoms. The predicted octanol–water partition coefficient (Wildman–Crippen LogP) is 5.76. The molecule has 4 aromatic rings. The van der Waals surface area contributed by atoms with Crippen molar-refractivity contribution in [3.63, 3.8) is 0 Å². The second kappa shape index (κ2) is 11.9. The number of carbonyl (C=O) groups excluding carboxylic acids is 1. The van der Waals surface area contributed by atoms with Crippen molar-refractivity contribution in [3.05, 3.63) is 96.4 Å². The third-order valence-corrected chi connectivity index (χ3v) is 7.94. The van der Waals surface area contributed by atoms with E-state index in [1.54, 1.807) is 36.4 Å². The topological polar surface area (TPSA) is 93.7 Å². The quantitative estimate of drug-likeness (QED) is 0.226. The lowest BCUT2D eigenvalue weighted by Crippen LogP contribution is -2.53. The molecule has 5 rings (SSSR count). The summed E-state index contributed by atoms with van der Waals surface area (Å²) < 4.78 is 37.5. The summed E-state index contributed by atoms with van der Waals surface area (Å²) in [4.78, 5) is 24.6. The fourth-order valence-corrected chi connectivity index (χ4v) is 5.52. The maximum atomic E-state index is 13.4. The molecule has 10 heteroatoms. The van der Waals surface area contributed by atoms with E-state index in [1.165, 1.54) is 24.3 Å². The van der Waals surface area contributed by atoms with Gasteiger partial charge in [0.25, 0.3) is 0 Å². The van der Waals surface area contributed by atoms with Crippen molar-refractivity contribution in [1.29, 1.82) is 0 Å². The molecular weight excluding hydrogens is 531 g/mol. The van der Waals surface area contributed by atoms with Crippen LogP contribution in [-0.2, 0) is 25.5 Å². The molecule has 3 aromatic carbocycles. The van der Waals surface area contributed by atoms with Gasteiger partial charge in [-0.3, -0.25) is 5.32 Å². The van der Waals surface area contributed by atoms with Gasteiger partial charge in [-0.05, 0) is 74.5 Å². The first-order valence-electron chi connectivity index (χ1n) is 12.8. The van der Waals surface area contributed by atoms with Crippen molar-refractivity contribution in [2.75, 3.05) is 30.0 Å². The Hall–Kier alpha value is -4.15. The van der Waals surface area contributed by atoms with Gasteiger partial charge in [-0.25, -0.2) is 19.2 Å². The van der Waals surface area contributed by atoms with Gasteiger partial charge in [0.1, 0.15) is 28.2 Å². The second-order valence-electron chi connectivity index (χ2n) is 9.98. The fraction of sp³-hybridized carbons (Fsp3) is 0.233. The molecule has 0 bridgehead atoms. The van der Waals surface area contributed by atoms with Crippen LogP contribution in [0.5, 0.6) is 5.75 Å². The first-order valence-corrected chi connectivity index (χ1v) is 14.3. The summed E-state index contributed by atoms with van der Waals surface area (Å²) in [7, 11) is -1.85. The van der Waals surface area contributed by atoms with Crippen molar-refractivity contribution in [2.45, 2.75) is 30.0 Å². The van der Waals surface area contributed by atoms with Gasteiger partial charge in [0.05, 0.1) is 24.4 Å². The van der Waals surface area contributed by atoms with Crippen LogP contribution in [0.3, 0.4) is 0 Å². The Labute approximate surface area is 234 Å². The van der Waals surface area contributed by atoms with Crippen LogP contribution in [-0.4, -0.2) is 41.4 Å². The Balaban J connectivity index is 1.40. The van der Waals surface area contributed by atoms with Crippen LogP contribution in [0.25, 0.3) is 11.4 Å². The minimum atomic E-state index is -1.85. The van der Waals surface area contributed by atoms with E-state index in [2.05, 4.69) is 24.1 Å². The number of morpholine rings is 1. The molecule has 0 aliphatic carbocycles. The van der Waals surface area contributed by atoms with E-state index in [9.17, 15) is 13.4 Å². The van der Waals surface area contributed by atoms with Gasteiger partial charge in [-0.15, -0.1) is 4.21 Å². The van der Waals surface area contributed by atoms with E-state index >= 15 is 0 Å². The van der Waals surface area contributed by atoms with Crippen LogP contribution >= 0.6 is 0 Å². The monoisotopic (exact) mass is 561 g/mol. The standard InChI is InChI=1S/C30H29FN4O4S/c1-30(2)20-38-17-16-35(30)27-18-24(19-40(37)26-14-10-22(31)11-15-26)32-28(34-27)21-8-12-23(13-9-21)33-29(36)39-25-6-4-3-5-7-25/h3-15,18H,16-17,19-20H2,1-2H3,(H,33,36)/p+1. The average molecular weight is 562 g/mol. The smallest absolute Gasteiger partial charge is 0.410 e. The Kier molecular flexibility index (Phi) is 8.18. The molecule has 206 valence electrons. The zero-order chi connectivity index (χ0) is 28.1. The second-order valence-corrected chi connectivity index (χ2v) is 11.6. The zero-order valence-corrected chi connectivity index (χ0v) is 23.1. The van der Waals surface area contributed by atoms with E-state index in [0.29, 0.717) is 53.4 Å². The van der Waals surface area contributed by atoms with E-state index in [-0.39, 0.29) is 17.1 Å². The number of thiol groups is 1. The highest BCUT2D eigenvalue weighted by atomic mass is 32.2. The molecule has 1 amide bonds. The average Bonchev–Trinajstić information content (AvgIpc) is 2.94. The number of rotatable bonds is 7. The van der Waals surface area contributed by atoms with Crippen molar-refractivity contribution in [2.24, 2.45) is 0 Å². The number of anilines is 2.